The van der Waals surface area contributed by atoms with Crippen LogP contribution in [-0.4, -0.2) is 4.98 Å². The molecule has 0 saturated heterocycles. The minimum atomic E-state index is -0.796. The van der Waals surface area contributed by atoms with Crippen LogP contribution < -0.4 is 11.5 Å². The number of hydrogen-bond acceptors (Lipinski definition) is 3. The Labute approximate surface area is 77.5 Å². The van der Waals surface area contributed by atoms with E-state index in [0.717, 1.165) is 17.0 Å². The van der Waals surface area contributed by atoms with Gasteiger partial charge in [0.15, 0.2) is 0 Å². The van der Waals surface area contributed by atoms with E-state index in [-0.39, 0.29) is 0 Å². The standard InChI is InChI=1S/C10H13N3/c1-7-4-5-8-3-2-6-10(11,12)9(8)13-7/h2-5H,6,11-12H2,1H3. The SMILES string of the molecule is Cc1ccc2c(n1)C(N)(N)CC=C2. The van der Waals surface area contributed by atoms with Crippen molar-refractivity contribution in [3.63, 3.8) is 0 Å². The summed E-state index contributed by atoms with van der Waals surface area (Å²) in [6.45, 7) is 1.94. The molecule has 0 atom stereocenters. The van der Waals surface area contributed by atoms with Crippen molar-refractivity contribution in [2.75, 3.05) is 0 Å². The number of nitrogens with two attached hydrogens (primary N) is 2. The Morgan fingerprint density at radius 2 is 2.15 bits per heavy atom. The van der Waals surface area contributed by atoms with Crippen molar-refractivity contribution in [1.29, 1.82) is 0 Å². The topological polar surface area (TPSA) is 64.9 Å². The number of pyridine rings is 1. The largest absolute Gasteiger partial charge is 0.308 e. The molecule has 13 heavy (non-hydrogen) atoms. The van der Waals surface area contributed by atoms with E-state index in [1.807, 2.05) is 31.2 Å². The Morgan fingerprint density at radius 3 is 2.92 bits per heavy atom. The summed E-state index contributed by atoms with van der Waals surface area (Å²) >= 11 is 0. The molecular weight excluding hydrogens is 162 g/mol. The third-order valence-corrected chi connectivity index (χ3v) is 2.26. The normalized spacial score (nSPS) is 18.4. The molecule has 4 N–H and O–H groups in total. The van der Waals surface area contributed by atoms with Crippen molar-refractivity contribution in [2.45, 2.75) is 19.0 Å². The van der Waals surface area contributed by atoms with Crippen LogP contribution in [0.4, 0.5) is 0 Å². The van der Waals surface area contributed by atoms with E-state index in [1.54, 1.807) is 0 Å². The van der Waals surface area contributed by atoms with Gasteiger partial charge in [0.25, 0.3) is 0 Å². The number of fused-ring (bicyclic) bond motifs is 1. The first kappa shape index (κ1) is 8.41. The third-order valence-electron chi connectivity index (χ3n) is 2.26. The molecule has 0 radical (unpaired) electrons. The molecular formula is C10H13N3. The molecule has 2 rings (SSSR count). The first-order chi connectivity index (χ1) is 6.09. The Morgan fingerprint density at radius 1 is 1.38 bits per heavy atom. The summed E-state index contributed by atoms with van der Waals surface area (Å²) in [4.78, 5) is 4.37. The highest BCUT2D eigenvalue weighted by atomic mass is 15.0. The van der Waals surface area contributed by atoms with Crippen molar-refractivity contribution in [3.8, 4) is 0 Å². The van der Waals surface area contributed by atoms with E-state index in [1.165, 1.54) is 0 Å². The monoisotopic (exact) mass is 175 g/mol. The van der Waals surface area contributed by atoms with Crippen LogP contribution in [0.5, 0.6) is 0 Å². The number of aryl methyl sites for hydroxylation is 1. The molecule has 0 amide bonds. The molecule has 0 aliphatic heterocycles. The Hall–Kier alpha value is -1.19. The highest BCUT2D eigenvalue weighted by Gasteiger charge is 2.27. The fourth-order valence-electron chi connectivity index (χ4n) is 1.55. The summed E-state index contributed by atoms with van der Waals surface area (Å²) in [5.41, 5.74) is 13.8. The Bertz CT molecular complexity index is 366. The van der Waals surface area contributed by atoms with Crippen LogP contribution in [0.3, 0.4) is 0 Å². The molecule has 1 aromatic heterocycles. The number of rotatable bonds is 0. The van der Waals surface area contributed by atoms with E-state index in [9.17, 15) is 0 Å². The van der Waals surface area contributed by atoms with Crippen molar-refractivity contribution < 1.29 is 0 Å². The van der Waals surface area contributed by atoms with E-state index in [0.29, 0.717) is 6.42 Å². The van der Waals surface area contributed by atoms with Crippen LogP contribution in [0.25, 0.3) is 6.08 Å². The second-order valence-electron chi connectivity index (χ2n) is 3.54. The van der Waals surface area contributed by atoms with Gasteiger partial charge in [-0.2, -0.15) is 0 Å². The van der Waals surface area contributed by atoms with Crippen LogP contribution in [0.2, 0.25) is 0 Å². The predicted molar refractivity (Wildman–Crippen MR) is 52.7 cm³/mol. The fourth-order valence-corrected chi connectivity index (χ4v) is 1.55. The number of hydrogen-bond donors (Lipinski definition) is 2. The van der Waals surface area contributed by atoms with Gasteiger partial charge in [0.05, 0.1) is 5.69 Å². The molecule has 68 valence electrons. The second-order valence-corrected chi connectivity index (χ2v) is 3.54. The lowest BCUT2D eigenvalue weighted by atomic mass is 9.93. The number of aromatic nitrogens is 1. The van der Waals surface area contributed by atoms with Gasteiger partial charge >= 0.3 is 0 Å². The van der Waals surface area contributed by atoms with Gasteiger partial charge in [-0.15, -0.1) is 0 Å². The maximum absolute atomic E-state index is 5.92. The third kappa shape index (κ3) is 1.36. The zero-order valence-corrected chi connectivity index (χ0v) is 7.62. The maximum atomic E-state index is 5.92. The molecule has 0 bridgehead atoms. The molecule has 1 aliphatic carbocycles. The van der Waals surface area contributed by atoms with Gasteiger partial charge in [0.1, 0.15) is 5.66 Å². The molecule has 1 aromatic rings. The van der Waals surface area contributed by atoms with Gasteiger partial charge in [0.2, 0.25) is 0 Å². The van der Waals surface area contributed by atoms with E-state index < -0.39 is 5.66 Å². The smallest absolute Gasteiger partial charge is 0.111 e. The first-order valence-corrected chi connectivity index (χ1v) is 4.32. The molecule has 0 spiro atoms. The summed E-state index contributed by atoms with van der Waals surface area (Å²) in [6.07, 6.45) is 4.65. The molecule has 0 fully saturated rings. The minimum absolute atomic E-state index is 0.649. The van der Waals surface area contributed by atoms with Gasteiger partial charge in [-0.3, -0.25) is 4.98 Å². The lowest BCUT2D eigenvalue weighted by molar-refractivity contribution is 0.451. The zero-order valence-electron chi connectivity index (χ0n) is 7.62. The summed E-state index contributed by atoms with van der Waals surface area (Å²) in [5.74, 6) is 0. The van der Waals surface area contributed by atoms with E-state index in [2.05, 4.69) is 4.98 Å². The van der Waals surface area contributed by atoms with Gasteiger partial charge < -0.3 is 11.5 Å². The first-order valence-electron chi connectivity index (χ1n) is 4.32. The summed E-state index contributed by atoms with van der Waals surface area (Å²) in [6, 6.07) is 3.96. The average molecular weight is 175 g/mol. The molecule has 3 nitrogen and oxygen atoms in total. The molecule has 1 aliphatic rings. The minimum Gasteiger partial charge on any atom is -0.308 e. The van der Waals surface area contributed by atoms with Crippen molar-refractivity contribution in [2.24, 2.45) is 11.5 Å². The molecule has 3 heteroatoms. The van der Waals surface area contributed by atoms with Crippen molar-refractivity contribution >= 4 is 6.08 Å². The fraction of sp³-hybridized carbons (Fsp3) is 0.300. The summed E-state index contributed by atoms with van der Waals surface area (Å²) in [7, 11) is 0. The molecule has 0 aromatic carbocycles. The van der Waals surface area contributed by atoms with Crippen molar-refractivity contribution in [1.82, 2.24) is 4.98 Å². The highest BCUT2D eigenvalue weighted by molar-refractivity contribution is 5.56. The van der Waals surface area contributed by atoms with Crippen LogP contribution in [0.1, 0.15) is 23.4 Å². The van der Waals surface area contributed by atoms with Gasteiger partial charge in [-0.1, -0.05) is 18.2 Å². The zero-order chi connectivity index (χ0) is 9.47. The Kier molecular flexibility index (Phi) is 1.71. The van der Waals surface area contributed by atoms with Gasteiger partial charge in [-0.25, -0.2) is 0 Å². The van der Waals surface area contributed by atoms with Crippen LogP contribution in [0, 0.1) is 6.92 Å². The molecule has 0 saturated carbocycles. The average Bonchev–Trinajstić information content (AvgIpc) is 2.06. The predicted octanol–water partition coefficient (Wildman–Crippen LogP) is 0.877. The Balaban J connectivity index is 2.62. The van der Waals surface area contributed by atoms with Crippen LogP contribution in [0.15, 0.2) is 18.2 Å². The maximum Gasteiger partial charge on any atom is 0.111 e. The summed E-state index contributed by atoms with van der Waals surface area (Å²) < 4.78 is 0. The second kappa shape index (κ2) is 2.65. The van der Waals surface area contributed by atoms with Gasteiger partial charge in [0, 0.05) is 12.1 Å². The van der Waals surface area contributed by atoms with E-state index >= 15 is 0 Å². The van der Waals surface area contributed by atoms with Crippen molar-refractivity contribution in [3.05, 3.63) is 35.2 Å². The number of nitrogens with zero attached hydrogens (tertiary/aromatic N) is 1. The van der Waals surface area contributed by atoms with Gasteiger partial charge in [-0.05, 0) is 18.6 Å². The summed E-state index contributed by atoms with van der Waals surface area (Å²) in [5, 5.41) is 0. The molecule has 0 unspecified atom stereocenters. The van der Waals surface area contributed by atoms with Crippen LogP contribution in [-0.2, 0) is 5.66 Å². The lowest BCUT2D eigenvalue weighted by Gasteiger charge is -2.27. The molecule has 1 heterocycles. The quantitative estimate of drug-likeness (QED) is 0.575. The highest BCUT2D eigenvalue weighted by Crippen LogP contribution is 2.25. The van der Waals surface area contributed by atoms with E-state index in [4.69, 9.17) is 11.5 Å². The van der Waals surface area contributed by atoms with Crippen LogP contribution >= 0.6 is 0 Å². The lowest BCUT2D eigenvalue weighted by Crippen LogP contribution is -2.47.